The van der Waals surface area contributed by atoms with E-state index in [9.17, 15) is 4.79 Å². The molecular weight excluding hydrogens is 286 g/mol. The minimum atomic E-state index is -0.262. The Kier molecular flexibility index (Phi) is 7.34. The highest BCUT2D eigenvalue weighted by Crippen LogP contribution is 2.31. The lowest BCUT2D eigenvalue weighted by atomic mass is 9.88. The second-order valence-electron chi connectivity index (χ2n) is 5.91. The van der Waals surface area contributed by atoms with Crippen LogP contribution in [0.15, 0.2) is 33.5 Å². The van der Waals surface area contributed by atoms with Crippen LogP contribution in [0.3, 0.4) is 0 Å². The second kappa shape index (κ2) is 8.76. The molecule has 0 spiro atoms. The number of rotatable bonds is 5. The summed E-state index contributed by atoms with van der Waals surface area (Å²) in [5.74, 6) is 0.813. The Labute approximate surface area is 140 Å². The third-order valence-electron chi connectivity index (χ3n) is 4.38. The molecule has 1 unspecified atom stereocenters. The molecule has 1 aromatic carbocycles. The molecule has 0 saturated heterocycles. The third kappa shape index (κ3) is 4.37. The summed E-state index contributed by atoms with van der Waals surface area (Å²) in [7, 11) is 0. The quantitative estimate of drug-likeness (QED) is 0.690. The van der Waals surface area contributed by atoms with E-state index in [1.54, 1.807) is 6.07 Å². The van der Waals surface area contributed by atoms with Crippen LogP contribution in [0.5, 0.6) is 0 Å². The molecule has 0 bridgehead atoms. The average Bonchev–Trinajstić information content (AvgIpc) is 2.56. The van der Waals surface area contributed by atoms with Gasteiger partial charge in [0.25, 0.3) is 0 Å². The Morgan fingerprint density at radius 1 is 1.04 bits per heavy atom. The molecule has 1 heterocycles. The van der Waals surface area contributed by atoms with Gasteiger partial charge in [0.15, 0.2) is 0 Å². The van der Waals surface area contributed by atoms with Crippen LogP contribution in [0.25, 0.3) is 11.0 Å². The fourth-order valence-electron chi connectivity index (χ4n) is 2.70. The van der Waals surface area contributed by atoms with Crippen molar-refractivity contribution in [2.24, 2.45) is 5.92 Å². The van der Waals surface area contributed by atoms with Crippen LogP contribution in [0.2, 0.25) is 0 Å². The van der Waals surface area contributed by atoms with Crippen LogP contribution in [0, 0.1) is 5.92 Å². The zero-order valence-corrected chi connectivity index (χ0v) is 15.6. The number of hydrogen-bond acceptors (Lipinski definition) is 3. The predicted molar refractivity (Wildman–Crippen MR) is 101 cm³/mol. The van der Waals surface area contributed by atoms with Crippen LogP contribution in [0.1, 0.15) is 59.9 Å². The van der Waals surface area contributed by atoms with Crippen molar-refractivity contribution in [3.05, 3.63) is 40.2 Å². The molecule has 128 valence electrons. The fourth-order valence-corrected chi connectivity index (χ4v) is 2.70. The number of benzene rings is 1. The molecule has 2 rings (SSSR count). The first-order valence-corrected chi connectivity index (χ1v) is 8.80. The SMILES string of the molecule is CC.CCN(CC)c1ccc2c(C(C)C(C)C)cc(=O)oc2c1. The summed E-state index contributed by atoms with van der Waals surface area (Å²) in [6.45, 7) is 16.6. The lowest BCUT2D eigenvalue weighted by Gasteiger charge is -2.22. The molecule has 1 aromatic heterocycles. The Morgan fingerprint density at radius 2 is 1.65 bits per heavy atom. The molecule has 0 radical (unpaired) electrons. The average molecular weight is 317 g/mol. The summed E-state index contributed by atoms with van der Waals surface area (Å²) in [5.41, 5.74) is 2.61. The molecule has 1 atom stereocenters. The summed E-state index contributed by atoms with van der Waals surface area (Å²) < 4.78 is 5.43. The highest BCUT2D eigenvalue weighted by atomic mass is 16.4. The van der Waals surface area contributed by atoms with Crippen molar-refractivity contribution < 1.29 is 4.42 Å². The van der Waals surface area contributed by atoms with Gasteiger partial charge in [0, 0.05) is 36.3 Å². The third-order valence-corrected chi connectivity index (χ3v) is 4.38. The van der Waals surface area contributed by atoms with E-state index >= 15 is 0 Å². The molecule has 0 fully saturated rings. The van der Waals surface area contributed by atoms with Crippen molar-refractivity contribution in [2.45, 2.75) is 54.4 Å². The summed E-state index contributed by atoms with van der Waals surface area (Å²) >= 11 is 0. The van der Waals surface area contributed by atoms with Crippen molar-refractivity contribution >= 4 is 16.7 Å². The first-order chi connectivity index (χ1) is 11.0. The lowest BCUT2D eigenvalue weighted by molar-refractivity contribution is 0.521. The van der Waals surface area contributed by atoms with Gasteiger partial charge in [0.1, 0.15) is 5.58 Å². The van der Waals surface area contributed by atoms with Gasteiger partial charge in [-0.15, -0.1) is 0 Å². The van der Waals surface area contributed by atoms with Crippen LogP contribution in [-0.2, 0) is 0 Å². The molecule has 23 heavy (non-hydrogen) atoms. The molecule has 0 aliphatic heterocycles. The van der Waals surface area contributed by atoms with Gasteiger partial charge in [-0.25, -0.2) is 4.79 Å². The highest BCUT2D eigenvalue weighted by molar-refractivity contribution is 5.84. The molecule has 0 aliphatic carbocycles. The Morgan fingerprint density at radius 3 is 2.17 bits per heavy atom. The minimum Gasteiger partial charge on any atom is -0.423 e. The van der Waals surface area contributed by atoms with E-state index < -0.39 is 0 Å². The maximum atomic E-state index is 11.9. The van der Waals surface area contributed by atoms with E-state index in [0.29, 0.717) is 17.4 Å². The first kappa shape index (κ1) is 19.3. The topological polar surface area (TPSA) is 33.5 Å². The molecule has 0 saturated carbocycles. The minimum absolute atomic E-state index is 0.262. The predicted octanol–water partition coefficient (Wildman–Crippen LogP) is 5.42. The number of nitrogens with zero attached hydrogens (tertiary/aromatic N) is 1. The Hall–Kier alpha value is -1.77. The number of fused-ring (bicyclic) bond motifs is 1. The molecule has 2 aromatic rings. The van der Waals surface area contributed by atoms with E-state index in [-0.39, 0.29) is 5.63 Å². The largest absolute Gasteiger partial charge is 0.423 e. The van der Waals surface area contributed by atoms with Gasteiger partial charge in [-0.2, -0.15) is 0 Å². The van der Waals surface area contributed by atoms with Gasteiger partial charge >= 0.3 is 5.63 Å². The van der Waals surface area contributed by atoms with Crippen LogP contribution < -0.4 is 10.5 Å². The van der Waals surface area contributed by atoms with Crippen molar-refractivity contribution in [1.29, 1.82) is 0 Å². The van der Waals surface area contributed by atoms with Crippen molar-refractivity contribution in [2.75, 3.05) is 18.0 Å². The highest BCUT2D eigenvalue weighted by Gasteiger charge is 2.16. The number of hydrogen-bond donors (Lipinski definition) is 0. The van der Waals surface area contributed by atoms with Gasteiger partial charge in [0.05, 0.1) is 0 Å². The van der Waals surface area contributed by atoms with Crippen LogP contribution in [0.4, 0.5) is 5.69 Å². The lowest BCUT2D eigenvalue weighted by Crippen LogP contribution is -2.21. The monoisotopic (exact) mass is 317 g/mol. The van der Waals surface area contributed by atoms with Crippen molar-refractivity contribution in [1.82, 2.24) is 0 Å². The van der Waals surface area contributed by atoms with Crippen LogP contribution >= 0.6 is 0 Å². The maximum Gasteiger partial charge on any atom is 0.336 e. The molecule has 3 nitrogen and oxygen atoms in total. The van der Waals surface area contributed by atoms with Gasteiger partial charge < -0.3 is 9.32 Å². The molecule has 0 N–H and O–H groups in total. The van der Waals surface area contributed by atoms with Gasteiger partial charge in [0.2, 0.25) is 0 Å². The van der Waals surface area contributed by atoms with Gasteiger partial charge in [-0.1, -0.05) is 34.6 Å². The molecule has 3 heteroatoms. The first-order valence-electron chi connectivity index (χ1n) is 8.80. The van der Waals surface area contributed by atoms with Gasteiger partial charge in [-0.05, 0) is 43.4 Å². The van der Waals surface area contributed by atoms with Crippen molar-refractivity contribution in [3.63, 3.8) is 0 Å². The molecular formula is C20H31NO2. The summed E-state index contributed by atoms with van der Waals surface area (Å²) in [5, 5.41) is 1.05. The summed E-state index contributed by atoms with van der Waals surface area (Å²) in [6.07, 6.45) is 0. The number of anilines is 1. The van der Waals surface area contributed by atoms with Gasteiger partial charge in [-0.3, -0.25) is 0 Å². The Bertz CT molecular complexity index is 669. The smallest absolute Gasteiger partial charge is 0.336 e. The van der Waals surface area contributed by atoms with Crippen LogP contribution in [-0.4, -0.2) is 13.1 Å². The van der Waals surface area contributed by atoms with E-state index in [4.69, 9.17) is 4.42 Å². The maximum absolute atomic E-state index is 11.9. The molecule has 0 amide bonds. The molecule has 0 aliphatic rings. The summed E-state index contributed by atoms with van der Waals surface area (Å²) in [6, 6.07) is 7.83. The Balaban J connectivity index is 0.00000127. The second-order valence-corrected chi connectivity index (χ2v) is 5.91. The van der Waals surface area contributed by atoms with E-state index in [1.807, 2.05) is 19.9 Å². The fraction of sp³-hybridized carbons (Fsp3) is 0.550. The standard InChI is InChI=1S/C18H25NO2.C2H6/c1-6-19(7-2)14-8-9-15-16(13(5)12(3)4)11-18(20)21-17(15)10-14;1-2/h8-13H,6-7H2,1-5H3;1-2H3. The van der Waals surface area contributed by atoms with E-state index in [0.717, 1.165) is 29.7 Å². The zero-order valence-electron chi connectivity index (χ0n) is 15.6. The van der Waals surface area contributed by atoms with E-state index in [2.05, 4.69) is 51.7 Å². The summed E-state index contributed by atoms with van der Waals surface area (Å²) in [4.78, 5) is 14.1. The normalized spacial score (nSPS) is 12.0. The van der Waals surface area contributed by atoms with Crippen molar-refractivity contribution in [3.8, 4) is 0 Å². The zero-order chi connectivity index (χ0) is 17.6. The van der Waals surface area contributed by atoms with E-state index in [1.165, 1.54) is 0 Å².